The Morgan fingerprint density at radius 2 is 2.12 bits per heavy atom. The fraction of sp³-hybridized carbons (Fsp3) is 0.188. The van der Waals surface area contributed by atoms with E-state index in [1.165, 1.54) is 33.7 Å². The van der Waals surface area contributed by atoms with Crippen molar-refractivity contribution in [1.29, 1.82) is 0 Å². The fourth-order valence-electron chi connectivity index (χ4n) is 3.11. The SMILES string of the molecule is Fc1cccc(-c2nnn(-c3ncnc4sc5c(c34)CCC5)n2)c1. The van der Waals surface area contributed by atoms with Gasteiger partial charge in [-0.2, -0.15) is 0 Å². The van der Waals surface area contributed by atoms with Crippen molar-refractivity contribution in [3.63, 3.8) is 0 Å². The summed E-state index contributed by atoms with van der Waals surface area (Å²) < 4.78 is 13.4. The highest BCUT2D eigenvalue weighted by Gasteiger charge is 2.23. The Bertz CT molecular complexity index is 1070. The van der Waals surface area contributed by atoms with Gasteiger partial charge in [-0.3, -0.25) is 0 Å². The van der Waals surface area contributed by atoms with Crippen molar-refractivity contribution in [1.82, 2.24) is 30.2 Å². The number of aryl methyl sites for hydroxylation is 2. The maximum absolute atomic E-state index is 13.4. The minimum absolute atomic E-state index is 0.330. The van der Waals surface area contributed by atoms with Crippen LogP contribution >= 0.6 is 11.3 Å². The molecular formula is C16H11FN6S. The van der Waals surface area contributed by atoms with Crippen LogP contribution in [-0.2, 0) is 12.8 Å². The summed E-state index contributed by atoms with van der Waals surface area (Å²) in [6.07, 6.45) is 4.80. The topological polar surface area (TPSA) is 69.4 Å². The van der Waals surface area contributed by atoms with Crippen LogP contribution in [0.2, 0.25) is 0 Å². The van der Waals surface area contributed by atoms with Crippen molar-refractivity contribution in [2.45, 2.75) is 19.3 Å². The number of thiophene rings is 1. The fourth-order valence-corrected chi connectivity index (χ4v) is 4.33. The van der Waals surface area contributed by atoms with Crippen molar-refractivity contribution in [2.75, 3.05) is 0 Å². The molecule has 0 N–H and O–H groups in total. The van der Waals surface area contributed by atoms with Gasteiger partial charge in [0.2, 0.25) is 5.82 Å². The van der Waals surface area contributed by atoms with Gasteiger partial charge in [0.05, 0.1) is 5.39 Å². The van der Waals surface area contributed by atoms with Crippen molar-refractivity contribution >= 4 is 21.6 Å². The first-order chi connectivity index (χ1) is 11.8. The van der Waals surface area contributed by atoms with Gasteiger partial charge < -0.3 is 0 Å². The number of fused-ring (bicyclic) bond motifs is 3. The van der Waals surface area contributed by atoms with Crippen LogP contribution in [-0.4, -0.2) is 30.2 Å². The molecule has 8 heteroatoms. The van der Waals surface area contributed by atoms with E-state index < -0.39 is 0 Å². The predicted molar refractivity (Wildman–Crippen MR) is 87.5 cm³/mol. The van der Waals surface area contributed by atoms with Crippen molar-refractivity contribution in [2.24, 2.45) is 0 Å². The van der Waals surface area contributed by atoms with Crippen LogP contribution < -0.4 is 0 Å². The largest absolute Gasteiger partial charge is 0.225 e. The van der Waals surface area contributed by atoms with E-state index in [0.717, 1.165) is 29.5 Å². The third kappa shape index (κ3) is 2.03. The van der Waals surface area contributed by atoms with Crippen LogP contribution in [0.1, 0.15) is 16.9 Å². The summed E-state index contributed by atoms with van der Waals surface area (Å²) in [6, 6.07) is 6.15. The smallest absolute Gasteiger partial charge is 0.205 e. The van der Waals surface area contributed by atoms with Gasteiger partial charge in [-0.15, -0.1) is 26.3 Å². The molecule has 0 bridgehead atoms. The Morgan fingerprint density at radius 1 is 1.17 bits per heavy atom. The van der Waals surface area contributed by atoms with Crippen molar-refractivity contribution in [3.8, 4) is 17.2 Å². The number of halogens is 1. The highest BCUT2D eigenvalue weighted by molar-refractivity contribution is 7.19. The molecule has 0 saturated carbocycles. The number of benzene rings is 1. The summed E-state index contributed by atoms with van der Waals surface area (Å²) in [5.74, 6) is 0.673. The first kappa shape index (κ1) is 13.7. The van der Waals surface area contributed by atoms with Crippen LogP contribution in [0.4, 0.5) is 4.39 Å². The van der Waals surface area contributed by atoms with Crippen molar-refractivity contribution < 1.29 is 4.39 Å². The second kappa shape index (κ2) is 5.13. The average molecular weight is 338 g/mol. The quantitative estimate of drug-likeness (QED) is 0.562. The number of nitrogens with zero attached hydrogens (tertiary/aromatic N) is 6. The Morgan fingerprint density at radius 3 is 3.04 bits per heavy atom. The van der Waals surface area contributed by atoms with Gasteiger partial charge in [0.15, 0.2) is 5.82 Å². The molecule has 0 unspecified atom stereocenters. The van der Waals surface area contributed by atoms with E-state index in [2.05, 4.69) is 25.4 Å². The highest BCUT2D eigenvalue weighted by Crippen LogP contribution is 2.38. The van der Waals surface area contributed by atoms with Gasteiger partial charge >= 0.3 is 0 Å². The summed E-state index contributed by atoms with van der Waals surface area (Å²) in [7, 11) is 0. The lowest BCUT2D eigenvalue weighted by molar-refractivity contribution is 0.628. The van der Waals surface area contributed by atoms with Crippen LogP contribution in [0.15, 0.2) is 30.6 Å². The second-order valence-corrected chi connectivity index (χ2v) is 6.73. The summed E-state index contributed by atoms with van der Waals surface area (Å²) >= 11 is 1.71. The molecule has 0 amide bonds. The number of tetrazole rings is 1. The first-order valence-corrected chi connectivity index (χ1v) is 8.43. The lowest BCUT2D eigenvalue weighted by Gasteiger charge is -2.01. The average Bonchev–Trinajstić information content (AvgIpc) is 3.30. The number of hydrogen-bond acceptors (Lipinski definition) is 6. The van der Waals surface area contributed by atoms with Crippen LogP contribution in [0.5, 0.6) is 0 Å². The molecule has 24 heavy (non-hydrogen) atoms. The molecule has 0 radical (unpaired) electrons. The Labute approximate surface area is 140 Å². The zero-order chi connectivity index (χ0) is 16.1. The lowest BCUT2D eigenvalue weighted by atomic mass is 10.2. The summed E-state index contributed by atoms with van der Waals surface area (Å²) in [5, 5.41) is 13.6. The number of aromatic nitrogens is 6. The van der Waals surface area contributed by atoms with Crippen LogP contribution in [0.3, 0.4) is 0 Å². The molecule has 0 spiro atoms. The van der Waals surface area contributed by atoms with Gasteiger partial charge in [-0.25, -0.2) is 14.4 Å². The molecule has 3 aromatic heterocycles. The van der Waals surface area contributed by atoms with Gasteiger partial charge in [0.1, 0.15) is 17.0 Å². The van der Waals surface area contributed by atoms with Gasteiger partial charge in [0.25, 0.3) is 0 Å². The minimum Gasteiger partial charge on any atom is -0.225 e. The third-order valence-electron chi connectivity index (χ3n) is 4.17. The molecule has 1 aromatic carbocycles. The molecule has 0 saturated heterocycles. The number of hydrogen-bond donors (Lipinski definition) is 0. The summed E-state index contributed by atoms with van der Waals surface area (Å²) in [4.78, 5) is 12.5. The van der Waals surface area contributed by atoms with E-state index in [0.29, 0.717) is 17.2 Å². The maximum Gasteiger partial charge on any atom is 0.205 e. The molecule has 1 aliphatic carbocycles. The lowest BCUT2D eigenvalue weighted by Crippen LogP contribution is -2.03. The molecule has 0 atom stereocenters. The zero-order valence-corrected chi connectivity index (χ0v) is 13.3. The molecule has 0 fully saturated rings. The minimum atomic E-state index is -0.330. The van der Waals surface area contributed by atoms with E-state index in [9.17, 15) is 4.39 Å². The molecule has 0 aliphatic heterocycles. The van der Waals surface area contributed by atoms with Gasteiger partial charge in [-0.1, -0.05) is 12.1 Å². The van der Waals surface area contributed by atoms with Gasteiger partial charge in [-0.05, 0) is 42.2 Å². The molecule has 118 valence electrons. The molecule has 6 nitrogen and oxygen atoms in total. The molecule has 5 rings (SSSR count). The normalized spacial score (nSPS) is 13.5. The summed E-state index contributed by atoms with van der Waals surface area (Å²) in [5.41, 5.74) is 1.89. The Hall–Kier alpha value is -2.74. The molecular weight excluding hydrogens is 327 g/mol. The van der Waals surface area contributed by atoms with E-state index >= 15 is 0 Å². The van der Waals surface area contributed by atoms with Gasteiger partial charge in [0, 0.05) is 10.4 Å². The van der Waals surface area contributed by atoms with E-state index in [-0.39, 0.29) is 5.82 Å². The standard InChI is InChI=1S/C16H11FN6S/c17-10-4-1-3-9(7-10)14-20-22-23(21-14)15-13-11-5-2-6-12(11)24-16(13)19-8-18-15/h1,3-4,7-8H,2,5-6H2. The summed E-state index contributed by atoms with van der Waals surface area (Å²) in [6.45, 7) is 0. The van der Waals surface area contributed by atoms with E-state index in [4.69, 9.17) is 0 Å². The maximum atomic E-state index is 13.4. The molecule has 3 heterocycles. The monoisotopic (exact) mass is 338 g/mol. The van der Waals surface area contributed by atoms with E-state index in [1.54, 1.807) is 23.5 Å². The first-order valence-electron chi connectivity index (χ1n) is 7.61. The highest BCUT2D eigenvalue weighted by atomic mass is 32.1. The Kier molecular flexibility index (Phi) is 2.93. The van der Waals surface area contributed by atoms with Crippen LogP contribution in [0, 0.1) is 5.82 Å². The molecule has 4 aromatic rings. The predicted octanol–water partition coefficient (Wildman–Crippen LogP) is 2.96. The van der Waals surface area contributed by atoms with Crippen molar-refractivity contribution in [3.05, 3.63) is 46.9 Å². The second-order valence-electron chi connectivity index (χ2n) is 5.65. The zero-order valence-electron chi connectivity index (χ0n) is 12.5. The molecule has 1 aliphatic rings. The third-order valence-corrected chi connectivity index (χ3v) is 5.37. The van der Waals surface area contributed by atoms with E-state index in [1.807, 2.05) is 0 Å². The number of rotatable bonds is 2. The van der Waals surface area contributed by atoms with Crippen LogP contribution in [0.25, 0.3) is 27.4 Å². The Balaban J connectivity index is 1.66.